The first kappa shape index (κ1) is 18.1. The number of aromatic amines is 1. The summed E-state index contributed by atoms with van der Waals surface area (Å²) in [5.74, 6) is 0.740. The third-order valence-corrected chi connectivity index (χ3v) is 5.09. The molecule has 0 saturated carbocycles. The first-order chi connectivity index (χ1) is 13.4. The number of hydrogen-bond donors (Lipinski definition) is 2. The van der Waals surface area contributed by atoms with Gasteiger partial charge in [-0.15, -0.1) is 0 Å². The van der Waals surface area contributed by atoms with E-state index in [9.17, 15) is 9.90 Å². The molecule has 3 aromatic rings. The number of amides is 1. The molecule has 1 aliphatic heterocycles. The van der Waals surface area contributed by atoms with Crippen LogP contribution in [0.1, 0.15) is 27.0 Å². The van der Waals surface area contributed by atoms with Crippen molar-refractivity contribution < 1.29 is 19.4 Å². The van der Waals surface area contributed by atoms with Crippen molar-refractivity contribution in [2.45, 2.75) is 6.92 Å². The van der Waals surface area contributed by atoms with Crippen LogP contribution < -0.4 is 9.47 Å². The van der Waals surface area contributed by atoms with E-state index in [0.717, 1.165) is 11.1 Å². The number of aryl methyl sites for hydroxylation is 1. The fourth-order valence-electron chi connectivity index (χ4n) is 3.40. The van der Waals surface area contributed by atoms with Crippen LogP contribution in [0.25, 0.3) is 11.3 Å². The zero-order chi connectivity index (χ0) is 20.0. The smallest absolute Gasteiger partial charge is 0.280 e. The largest absolute Gasteiger partial charge is 0.497 e. The second-order valence-corrected chi connectivity index (χ2v) is 6.80. The molecule has 1 amide bonds. The van der Waals surface area contributed by atoms with Crippen LogP contribution in [0, 0.1) is 6.92 Å². The lowest BCUT2D eigenvalue weighted by atomic mass is 9.97. The number of aromatic hydroxyl groups is 1. The molecule has 0 bridgehead atoms. The van der Waals surface area contributed by atoms with Gasteiger partial charge in [0.25, 0.3) is 5.91 Å². The number of hydrogen-bond acceptors (Lipinski definition) is 4. The van der Waals surface area contributed by atoms with Gasteiger partial charge in [0.05, 0.1) is 41.8 Å². The van der Waals surface area contributed by atoms with Crippen LogP contribution >= 0.6 is 11.6 Å². The summed E-state index contributed by atoms with van der Waals surface area (Å²) in [5, 5.41) is 11.0. The van der Waals surface area contributed by atoms with Gasteiger partial charge in [0, 0.05) is 11.1 Å². The van der Waals surface area contributed by atoms with E-state index in [-0.39, 0.29) is 5.88 Å². The van der Waals surface area contributed by atoms with Gasteiger partial charge in [-0.1, -0.05) is 11.6 Å². The number of methoxy groups -OCH3 is 2. The van der Waals surface area contributed by atoms with Crippen LogP contribution in [0.3, 0.4) is 0 Å². The molecule has 2 N–H and O–H groups in total. The molecule has 1 aromatic heterocycles. The molecular formula is C21H17ClN2O4. The van der Waals surface area contributed by atoms with Gasteiger partial charge in [-0.05, 0) is 48.9 Å². The lowest BCUT2D eigenvalue weighted by Crippen LogP contribution is -2.03. The maximum absolute atomic E-state index is 12.7. The topological polar surface area (TPSA) is 83.9 Å². The zero-order valence-corrected chi connectivity index (χ0v) is 16.2. The van der Waals surface area contributed by atoms with E-state index in [4.69, 9.17) is 21.1 Å². The van der Waals surface area contributed by atoms with Gasteiger partial charge >= 0.3 is 0 Å². The maximum Gasteiger partial charge on any atom is 0.280 e. The monoisotopic (exact) mass is 396 g/mol. The molecule has 0 fully saturated rings. The summed E-state index contributed by atoms with van der Waals surface area (Å²) < 4.78 is 10.4. The van der Waals surface area contributed by atoms with E-state index in [1.165, 1.54) is 0 Å². The number of H-pyrrole nitrogens is 1. The van der Waals surface area contributed by atoms with Crippen LogP contribution in [-0.4, -0.2) is 35.9 Å². The highest BCUT2D eigenvalue weighted by Gasteiger charge is 2.34. The molecule has 4 rings (SSSR count). The number of carbonyl (C=O) groups excluding carboxylic acids is 1. The van der Waals surface area contributed by atoms with E-state index in [1.54, 1.807) is 38.5 Å². The highest BCUT2D eigenvalue weighted by Crippen LogP contribution is 2.41. The molecule has 1 aliphatic rings. The van der Waals surface area contributed by atoms with Crippen LogP contribution in [0.5, 0.6) is 17.4 Å². The number of fused-ring (bicyclic) bond motifs is 1. The molecule has 0 spiro atoms. The Morgan fingerprint density at radius 3 is 2.25 bits per heavy atom. The predicted octanol–water partition coefficient (Wildman–Crippen LogP) is 4.36. The Morgan fingerprint density at radius 2 is 1.64 bits per heavy atom. The number of nitrogens with one attached hydrogen (secondary N) is 1. The van der Waals surface area contributed by atoms with Gasteiger partial charge in [-0.25, -0.2) is 4.99 Å². The average molecular weight is 397 g/mol. The van der Waals surface area contributed by atoms with E-state index >= 15 is 0 Å². The fraction of sp³-hybridized carbons (Fsp3) is 0.143. The van der Waals surface area contributed by atoms with Gasteiger partial charge in [0.2, 0.25) is 0 Å². The highest BCUT2D eigenvalue weighted by atomic mass is 35.5. The summed E-state index contributed by atoms with van der Waals surface area (Å²) in [4.78, 5) is 19.8. The first-order valence-electron chi connectivity index (χ1n) is 8.51. The first-order valence-corrected chi connectivity index (χ1v) is 8.89. The van der Waals surface area contributed by atoms with Gasteiger partial charge in [0.15, 0.2) is 5.88 Å². The summed E-state index contributed by atoms with van der Waals surface area (Å²) in [6.07, 6.45) is 0. The Morgan fingerprint density at radius 1 is 1.00 bits per heavy atom. The molecule has 0 aliphatic carbocycles. The summed E-state index contributed by atoms with van der Waals surface area (Å²) in [7, 11) is 3.14. The normalized spacial score (nSPS) is 12.7. The van der Waals surface area contributed by atoms with Crippen molar-refractivity contribution in [3.8, 4) is 28.6 Å². The number of aliphatic imine (C=N–C) groups is 1. The Bertz CT molecular complexity index is 1150. The number of aromatic nitrogens is 1. The van der Waals surface area contributed by atoms with Crippen molar-refractivity contribution in [3.63, 3.8) is 0 Å². The Hall–Kier alpha value is -3.25. The van der Waals surface area contributed by atoms with Crippen LogP contribution in [0.4, 0.5) is 0 Å². The lowest BCUT2D eigenvalue weighted by Gasteiger charge is -2.08. The molecule has 6 nitrogen and oxygen atoms in total. The Kier molecular flexibility index (Phi) is 4.35. The average Bonchev–Trinajstić information content (AvgIpc) is 3.20. The Labute approximate surface area is 166 Å². The van der Waals surface area contributed by atoms with Crippen LogP contribution in [0.2, 0.25) is 5.02 Å². The van der Waals surface area contributed by atoms with Crippen molar-refractivity contribution in [2.24, 2.45) is 4.99 Å². The summed E-state index contributed by atoms with van der Waals surface area (Å²) >= 11 is 6.37. The van der Waals surface area contributed by atoms with Gasteiger partial charge in [0.1, 0.15) is 11.5 Å². The van der Waals surface area contributed by atoms with Gasteiger partial charge in [-0.3, -0.25) is 4.79 Å². The van der Waals surface area contributed by atoms with Crippen molar-refractivity contribution in [2.75, 3.05) is 14.2 Å². The standard InChI is InChI=1S/C21H17ClN2O4/c1-10-8-11(27-2)4-6-13(10)18-16-17(21(26)23-18)19(24-20(16)25)14-7-5-12(28-3)9-15(14)22/h4-9,24-25H,1-3H3. The minimum atomic E-state index is -0.432. The number of rotatable bonds is 4. The Balaban J connectivity index is 1.86. The molecule has 2 heterocycles. The molecule has 0 atom stereocenters. The van der Waals surface area contributed by atoms with Crippen LogP contribution in [-0.2, 0) is 0 Å². The minimum absolute atomic E-state index is 0.128. The van der Waals surface area contributed by atoms with Crippen molar-refractivity contribution in [1.82, 2.24) is 4.98 Å². The highest BCUT2D eigenvalue weighted by molar-refractivity contribution is 6.35. The maximum atomic E-state index is 12.7. The molecule has 28 heavy (non-hydrogen) atoms. The van der Waals surface area contributed by atoms with E-state index in [2.05, 4.69) is 9.98 Å². The van der Waals surface area contributed by atoms with E-state index < -0.39 is 5.91 Å². The van der Waals surface area contributed by atoms with Crippen molar-refractivity contribution in [1.29, 1.82) is 0 Å². The van der Waals surface area contributed by atoms with Gasteiger partial charge < -0.3 is 19.6 Å². The molecule has 142 valence electrons. The fourth-order valence-corrected chi connectivity index (χ4v) is 3.66. The number of halogens is 1. The molecule has 0 radical (unpaired) electrons. The minimum Gasteiger partial charge on any atom is -0.497 e. The predicted molar refractivity (Wildman–Crippen MR) is 107 cm³/mol. The number of ether oxygens (including phenoxy) is 2. The third-order valence-electron chi connectivity index (χ3n) is 4.78. The summed E-state index contributed by atoms with van der Waals surface area (Å²) in [6, 6.07) is 10.6. The quantitative estimate of drug-likeness (QED) is 0.686. The second-order valence-electron chi connectivity index (χ2n) is 6.39. The summed E-state index contributed by atoms with van der Waals surface area (Å²) in [6.45, 7) is 1.90. The number of benzene rings is 2. The van der Waals surface area contributed by atoms with E-state index in [0.29, 0.717) is 44.6 Å². The third kappa shape index (κ3) is 2.73. The molecular weight excluding hydrogens is 380 g/mol. The lowest BCUT2D eigenvalue weighted by molar-refractivity contribution is 0.101. The second kappa shape index (κ2) is 6.73. The molecule has 0 saturated heterocycles. The molecule has 0 unspecified atom stereocenters. The van der Waals surface area contributed by atoms with Crippen LogP contribution in [0.15, 0.2) is 41.4 Å². The van der Waals surface area contributed by atoms with Gasteiger partial charge in [-0.2, -0.15) is 0 Å². The number of nitrogens with zero attached hydrogens (tertiary/aromatic N) is 1. The van der Waals surface area contributed by atoms with Crippen molar-refractivity contribution >= 4 is 23.2 Å². The molecule has 2 aromatic carbocycles. The van der Waals surface area contributed by atoms with E-state index in [1.807, 2.05) is 19.1 Å². The SMILES string of the molecule is COc1ccc(C2=NC(=O)c3c(-c4ccc(OC)cc4Cl)[nH]c(O)c32)c(C)c1. The van der Waals surface area contributed by atoms with Crippen molar-refractivity contribution in [3.05, 3.63) is 63.7 Å². The summed E-state index contributed by atoms with van der Waals surface area (Å²) in [5.41, 5.74) is 3.73. The molecule has 7 heteroatoms. The zero-order valence-electron chi connectivity index (χ0n) is 15.5. The number of carbonyl (C=O) groups is 1.